The minimum absolute atomic E-state index is 0. The van der Waals surface area contributed by atoms with Crippen LogP contribution in [0.15, 0.2) is 30.3 Å². The second-order valence-corrected chi connectivity index (χ2v) is 2.25. The monoisotopic (exact) mass is 301 g/mol. The summed E-state index contributed by atoms with van der Waals surface area (Å²) in [6.07, 6.45) is 4.10. The van der Waals surface area contributed by atoms with E-state index in [4.69, 9.17) is 4.74 Å². The molecular formula is C9H8OSbTi. The van der Waals surface area contributed by atoms with Crippen LogP contribution in [0.5, 0.6) is 5.75 Å². The normalized spacial score (nSPS) is 11.7. The molecule has 0 bridgehead atoms. The molecule has 0 N–H and O–H groups in total. The zero-order chi connectivity index (χ0) is 6.81. The standard InChI is InChI=1S/C9H8O.Sb.Ti/c1-2-6-9-8(4-1)5-3-7-10-9;;/h1-6H,7H2;;. The van der Waals surface area contributed by atoms with Crippen LogP contribution in [0.1, 0.15) is 5.56 Å². The number of rotatable bonds is 0. The Bertz CT molecular complexity index is 273. The van der Waals surface area contributed by atoms with Crippen molar-refractivity contribution < 1.29 is 26.5 Å². The second kappa shape index (κ2) is 5.86. The third kappa shape index (κ3) is 2.66. The fourth-order valence-electron chi connectivity index (χ4n) is 1.06. The molecule has 0 spiro atoms. The predicted octanol–water partition coefficient (Wildman–Crippen LogP) is 1.71. The third-order valence-electron chi connectivity index (χ3n) is 1.55. The van der Waals surface area contributed by atoms with Gasteiger partial charge >= 0.3 is 0 Å². The predicted molar refractivity (Wildman–Crippen MR) is 46.7 cm³/mol. The van der Waals surface area contributed by atoms with E-state index in [9.17, 15) is 0 Å². The van der Waals surface area contributed by atoms with E-state index in [0.717, 1.165) is 5.75 Å². The van der Waals surface area contributed by atoms with Crippen LogP contribution in [-0.4, -0.2) is 31.0 Å². The van der Waals surface area contributed by atoms with Gasteiger partial charge in [0.05, 0.1) is 0 Å². The number of benzene rings is 1. The number of hydrogen-bond acceptors (Lipinski definition) is 1. The van der Waals surface area contributed by atoms with E-state index in [1.165, 1.54) is 5.56 Å². The van der Waals surface area contributed by atoms with Crippen molar-refractivity contribution in [3.8, 4) is 5.75 Å². The molecule has 0 aliphatic carbocycles. The molecule has 0 saturated carbocycles. The van der Waals surface area contributed by atoms with E-state index in [1.807, 2.05) is 30.3 Å². The van der Waals surface area contributed by atoms with Gasteiger partial charge in [0.1, 0.15) is 12.4 Å². The average molecular weight is 302 g/mol. The van der Waals surface area contributed by atoms with Gasteiger partial charge in [-0.2, -0.15) is 0 Å². The van der Waals surface area contributed by atoms with Gasteiger partial charge in [-0.15, -0.1) is 0 Å². The topological polar surface area (TPSA) is 9.23 Å². The Balaban J connectivity index is 0.000000605. The summed E-state index contributed by atoms with van der Waals surface area (Å²) >= 11 is 0. The molecule has 0 fully saturated rings. The van der Waals surface area contributed by atoms with E-state index in [-0.39, 0.29) is 46.1 Å². The molecule has 1 aliphatic heterocycles. The van der Waals surface area contributed by atoms with E-state index < -0.39 is 0 Å². The molecule has 0 amide bonds. The first-order valence-electron chi connectivity index (χ1n) is 3.35. The number of para-hydroxylation sites is 1. The quantitative estimate of drug-likeness (QED) is 0.663. The summed E-state index contributed by atoms with van der Waals surface area (Å²) in [5.41, 5.74) is 1.17. The van der Waals surface area contributed by atoms with Gasteiger partial charge in [0.2, 0.25) is 0 Å². The Morgan fingerprint density at radius 1 is 1.17 bits per heavy atom. The van der Waals surface area contributed by atoms with Gasteiger partial charge in [0.25, 0.3) is 0 Å². The Morgan fingerprint density at radius 2 is 1.92 bits per heavy atom. The van der Waals surface area contributed by atoms with Crippen LogP contribution in [0, 0.1) is 0 Å². The fourth-order valence-corrected chi connectivity index (χ4v) is 1.06. The minimum atomic E-state index is 0. The van der Waals surface area contributed by atoms with Crippen LogP contribution in [0.3, 0.4) is 0 Å². The van der Waals surface area contributed by atoms with Gasteiger partial charge in [-0.3, -0.25) is 0 Å². The Morgan fingerprint density at radius 3 is 2.67 bits per heavy atom. The Labute approximate surface area is 105 Å². The molecule has 12 heavy (non-hydrogen) atoms. The van der Waals surface area contributed by atoms with Crippen molar-refractivity contribution in [1.29, 1.82) is 0 Å². The molecule has 1 nitrogen and oxygen atoms in total. The molecule has 1 aromatic carbocycles. The Hall–Kier alpha value is 0.292. The van der Waals surface area contributed by atoms with E-state index in [2.05, 4.69) is 6.08 Å². The molecule has 1 aliphatic rings. The first-order chi connectivity index (χ1) is 4.97. The average Bonchev–Trinajstić information content (AvgIpc) is 2.05. The van der Waals surface area contributed by atoms with Gasteiger partial charge in [0.15, 0.2) is 0 Å². The molecule has 0 saturated heterocycles. The first-order valence-corrected chi connectivity index (χ1v) is 3.35. The van der Waals surface area contributed by atoms with Crippen molar-refractivity contribution in [3.63, 3.8) is 0 Å². The molecule has 1 aromatic rings. The molecule has 59 valence electrons. The third-order valence-corrected chi connectivity index (χ3v) is 1.55. The van der Waals surface area contributed by atoms with Gasteiger partial charge in [-0.25, -0.2) is 0 Å². The summed E-state index contributed by atoms with van der Waals surface area (Å²) in [4.78, 5) is 0. The van der Waals surface area contributed by atoms with Crippen LogP contribution in [0.4, 0.5) is 0 Å². The number of hydrogen-bond donors (Lipinski definition) is 0. The van der Waals surface area contributed by atoms with Crippen LogP contribution in [0.25, 0.3) is 6.08 Å². The maximum Gasteiger partial charge on any atom is 0.126 e. The van der Waals surface area contributed by atoms with Gasteiger partial charge in [-0.05, 0) is 12.1 Å². The summed E-state index contributed by atoms with van der Waals surface area (Å²) < 4.78 is 5.34. The largest absolute Gasteiger partial charge is 0.489 e. The fraction of sp³-hybridized carbons (Fsp3) is 0.111. The molecular weight excluding hydrogens is 294 g/mol. The summed E-state index contributed by atoms with van der Waals surface area (Å²) in [5, 5.41) is 0. The van der Waals surface area contributed by atoms with Gasteiger partial charge < -0.3 is 4.74 Å². The smallest absolute Gasteiger partial charge is 0.126 e. The van der Waals surface area contributed by atoms with Crippen molar-refractivity contribution in [2.75, 3.05) is 6.61 Å². The van der Waals surface area contributed by atoms with Crippen LogP contribution < -0.4 is 4.74 Å². The zero-order valence-electron chi connectivity index (χ0n) is 6.53. The van der Waals surface area contributed by atoms with Crippen molar-refractivity contribution >= 4 is 30.5 Å². The molecule has 0 aromatic heterocycles. The summed E-state index contributed by atoms with van der Waals surface area (Å²) in [5.74, 6) is 0.991. The molecule has 1 heterocycles. The summed E-state index contributed by atoms with van der Waals surface area (Å²) in [6, 6.07) is 8.03. The molecule has 0 unspecified atom stereocenters. The van der Waals surface area contributed by atoms with Crippen molar-refractivity contribution in [3.05, 3.63) is 35.9 Å². The van der Waals surface area contributed by atoms with Crippen molar-refractivity contribution in [2.45, 2.75) is 0 Å². The minimum Gasteiger partial charge on any atom is -0.489 e. The molecule has 0 atom stereocenters. The summed E-state index contributed by atoms with van der Waals surface area (Å²) in [7, 11) is 0. The van der Waals surface area contributed by atoms with Crippen molar-refractivity contribution in [1.82, 2.24) is 0 Å². The number of ether oxygens (including phenoxy) is 1. The second-order valence-electron chi connectivity index (χ2n) is 2.25. The zero-order valence-corrected chi connectivity index (χ0v) is 10.6. The van der Waals surface area contributed by atoms with Crippen LogP contribution in [-0.2, 0) is 21.7 Å². The summed E-state index contributed by atoms with van der Waals surface area (Å²) in [6.45, 7) is 0.705. The van der Waals surface area contributed by atoms with Gasteiger partial charge in [-0.1, -0.05) is 24.3 Å². The van der Waals surface area contributed by atoms with E-state index in [1.54, 1.807) is 0 Å². The van der Waals surface area contributed by atoms with Crippen LogP contribution >= 0.6 is 0 Å². The SMILES string of the molecule is C1=Cc2ccccc2OC1.[Sb].[Ti]. The molecule has 3 heteroatoms. The maximum absolute atomic E-state index is 5.34. The van der Waals surface area contributed by atoms with Gasteiger partial charge in [0, 0.05) is 51.7 Å². The molecule has 2 rings (SSSR count). The first kappa shape index (κ1) is 12.3. The van der Waals surface area contributed by atoms with Crippen molar-refractivity contribution in [2.24, 2.45) is 0 Å². The van der Waals surface area contributed by atoms with E-state index >= 15 is 0 Å². The van der Waals surface area contributed by atoms with Crippen LogP contribution in [0.2, 0.25) is 0 Å². The number of fused-ring (bicyclic) bond motifs is 1. The molecule has 3 radical (unpaired) electrons. The Kier molecular flexibility index (Phi) is 6.00. The maximum atomic E-state index is 5.34. The van der Waals surface area contributed by atoms with E-state index in [0.29, 0.717) is 6.61 Å².